The highest BCUT2D eigenvalue weighted by Gasteiger charge is 2.33. The lowest BCUT2D eigenvalue weighted by atomic mass is 9.95. The molecule has 0 saturated carbocycles. The maximum absolute atomic E-state index is 12.8. The molecule has 0 aromatic heterocycles. The van der Waals surface area contributed by atoms with Gasteiger partial charge in [-0.15, -0.1) is 0 Å². The minimum atomic E-state index is -0.486. The van der Waals surface area contributed by atoms with Crippen molar-refractivity contribution in [2.45, 2.75) is 19.9 Å². The SMILES string of the molecule is CCOc1ccc(NC(=O)Nc2ccc([C@@H]3NC(=S)N(C)C(C)=C3C(=O)OCCOC)cc2)cc1. The van der Waals surface area contributed by atoms with Crippen LogP contribution in [0.2, 0.25) is 0 Å². The molecule has 186 valence electrons. The summed E-state index contributed by atoms with van der Waals surface area (Å²) >= 11 is 5.43. The van der Waals surface area contributed by atoms with Crippen molar-refractivity contribution in [3.05, 3.63) is 65.4 Å². The van der Waals surface area contributed by atoms with Gasteiger partial charge in [0.15, 0.2) is 5.11 Å². The number of thiocarbonyl (C=S) groups is 1. The van der Waals surface area contributed by atoms with Crippen LogP contribution in [0.4, 0.5) is 16.2 Å². The summed E-state index contributed by atoms with van der Waals surface area (Å²) in [5.74, 6) is 0.297. The molecule has 3 N–H and O–H groups in total. The molecular weight excluding hydrogens is 468 g/mol. The van der Waals surface area contributed by atoms with E-state index < -0.39 is 12.0 Å². The van der Waals surface area contributed by atoms with Crippen LogP contribution in [-0.4, -0.2) is 56.0 Å². The third kappa shape index (κ3) is 6.71. The predicted octanol–water partition coefficient (Wildman–Crippen LogP) is 4.05. The third-order valence-corrected chi connectivity index (χ3v) is 5.81. The van der Waals surface area contributed by atoms with E-state index in [9.17, 15) is 9.59 Å². The van der Waals surface area contributed by atoms with Gasteiger partial charge in [-0.3, -0.25) is 0 Å². The fraction of sp³-hybridized carbons (Fsp3) is 0.320. The highest BCUT2D eigenvalue weighted by molar-refractivity contribution is 7.80. The van der Waals surface area contributed by atoms with Crippen LogP contribution < -0.4 is 20.7 Å². The Kier molecular flexibility index (Phi) is 9.04. The molecule has 10 heteroatoms. The largest absolute Gasteiger partial charge is 0.494 e. The van der Waals surface area contributed by atoms with Gasteiger partial charge < -0.3 is 35.1 Å². The molecule has 0 unspecified atom stereocenters. The third-order valence-electron chi connectivity index (χ3n) is 5.42. The van der Waals surface area contributed by atoms with Gasteiger partial charge in [-0.05, 0) is 68.0 Å². The van der Waals surface area contributed by atoms with E-state index in [1.807, 2.05) is 26.0 Å². The van der Waals surface area contributed by atoms with Crippen LogP contribution >= 0.6 is 12.2 Å². The summed E-state index contributed by atoms with van der Waals surface area (Å²) in [4.78, 5) is 27.0. The van der Waals surface area contributed by atoms with E-state index in [-0.39, 0.29) is 12.6 Å². The number of methoxy groups -OCH3 is 1. The van der Waals surface area contributed by atoms with E-state index in [0.717, 1.165) is 11.3 Å². The number of urea groups is 1. The number of ether oxygens (including phenoxy) is 3. The van der Waals surface area contributed by atoms with Gasteiger partial charge in [0.2, 0.25) is 0 Å². The minimum absolute atomic E-state index is 0.152. The molecule has 3 rings (SSSR count). The lowest BCUT2D eigenvalue weighted by Gasteiger charge is -2.35. The fourth-order valence-corrected chi connectivity index (χ4v) is 3.75. The van der Waals surface area contributed by atoms with Gasteiger partial charge in [-0.25, -0.2) is 9.59 Å². The average molecular weight is 499 g/mol. The molecule has 35 heavy (non-hydrogen) atoms. The number of allylic oxidation sites excluding steroid dienone is 1. The first kappa shape index (κ1) is 26.0. The van der Waals surface area contributed by atoms with Crippen molar-refractivity contribution >= 4 is 40.7 Å². The Balaban J connectivity index is 1.70. The van der Waals surface area contributed by atoms with Crippen LogP contribution in [0.1, 0.15) is 25.5 Å². The second-order valence-corrected chi connectivity index (χ2v) is 8.11. The zero-order valence-electron chi connectivity index (χ0n) is 20.2. The number of amides is 2. The highest BCUT2D eigenvalue weighted by atomic mass is 32.1. The molecule has 0 bridgehead atoms. The summed E-state index contributed by atoms with van der Waals surface area (Å²) in [7, 11) is 3.34. The Morgan fingerprint density at radius 2 is 1.63 bits per heavy atom. The van der Waals surface area contributed by atoms with Crippen LogP contribution in [-0.2, 0) is 14.3 Å². The molecule has 1 aliphatic heterocycles. The van der Waals surface area contributed by atoms with Gasteiger partial charge in [0, 0.05) is 31.2 Å². The summed E-state index contributed by atoms with van der Waals surface area (Å²) < 4.78 is 15.8. The molecule has 2 amide bonds. The first-order valence-corrected chi connectivity index (χ1v) is 11.6. The number of nitrogens with zero attached hydrogens (tertiary/aromatic N) is 1. The van der Waals surface area contributed by atoms with Gasteiger partial charge in [-0.1, -0.05) is 12.1 Å². The van der Waals surface area contributed by atoms with E-state index in [4.69, 9.17) is 26.4 Å². The Labute approximate surface area is 210 Å². The Morgan fingerprint density at radius 3 is 2.20 bits per heavy atom. The summed E-state index contributed by atoms with van der Waals surface area (Å²) in [6.07, 6.45) is 0. The van der Waals surface area contributed by atoms with E-state index >= 15 is 0 Å². The molecule has 2 aromatic carbocycles. The molecule has 0 saturated heterocycles. The number of rotatable bonds is 9. The summed E-state index contributed by atoms with van der Waals surface area (Å²) in [5.41, 5.74) is 3.21. The molecule has 9 nitrogen and oxygen atoms in total. The number of carbonyl (C=O) groups is 2. The van der Waals surface area contributed by atoms with E-state index in [1.165, 1.54) is 0 Å². The lowest BCUT2D eigenvalue weighted by Crippen LogP contribution is -2.46. The average Bonchev–Trinajstić information content (AvgIpc) is 2.84. The number of hydrogen-bond donors (Lipinski definition) is 3. The second kappa shape index (κ2) is 12.2. The summed E-state index contributed by atoms with van der Waals surface area (Å²) in [6, 6.07) is 13.4. The number of hydrogen-bond acceptors (Lipinski definition) is 6. The number of nitrogens with one attached hydrogen (secondary N) is 3. The van der Waals surface area contributed by atoms with Crippen molar-refractivity contribution in [3.63, 3.8) is 0 Å². The number of benzene rings is 2. The van der Waals surface area contributed by atoms with Crippen LogP contribution in [0.25, 0.3) is 0 Å². The predicted molar refractivity (Wildman–Crippen MR) is 138 cm³/mol. The zero-order chi connectivity index (χ0) is 25.4. The van der Waals surface area contributed by atoms with Crippen molar-refractivity contribution in [2.24, 2.45) is 0 Å². The molecule has 1 aliphatic rings. The van der Waals surface area contributed by atoms with Crippen LogP contribution in [0.5, 0.6) is 5.75 Å². The van der Waals surface area contributed by atoms with Crippen molar-refractivity contribution in [3.8, 4) is 5.75 Å². The van der Waals surface area contributed by atoms with Crippen LogP contribution in [0, 0.1) is 0 Å². The van der Waals surface area contributed by atoms with E-state index in [1.54, 1.807) is 55.5 Å². The quantitative estimate of drug-likeness (QED) is 0.270. The minimum Gasteiger partial charge on any atom is -0.494 e. The molecule has 1 heterocycles. The number of carbonyl (C=O) groups excluding carboxylic acids is 2. The Bertz CT molecular complexity index is 1090. The van der Waals surface area contributed by atoms with Gasteiger partial charge in [0.05, 0.1) is 24.8 Å². The van der Waals surface area contributed by atoms with Crippen molar-refractivity contribution < 1.29 is 23.8 Å². The molecule has 0 fully saturated rings. The fourth-order valence-electron chi connectivity index (χ4n) is 3.50. The monoisotopic (exact) mass is 498 g/mol. The van der Waals surface area contributed by atoms with Gasteiger partial charge in [0.25, 0.3) is 0 Å². The molecule has 0 aliphatic carbocycles. The second-order valence-electron chi connectivity index (χ2n) is 7.73. The number of esters is 1. The maximum Gasteiger partial charge on any atom is 0.338 e. The highest BCUT2D eigenvalue weighted by Crippen LogP contribution is 2.31. The van der Waals surface area contributed by atoms with Gasteiger partial charge in [-0.2, -0.15) is 0 Å². The van der Waals surface area contributed by atoms with Gasteiger partial charge in [0.1, 0.15) is 12.4 Å². The van der Waals surface area contributed by atoms with Crippen molar-refractivity contribution in [2.75, 3.05) is 44.6 Å². The molecule has 0 spiro atoms. The molecule has 1 atom stereocenters. The zero-order valence-corrected chi connectivity index (χ0v) is 21.0. The van der Waals surface area contributed by atoms with Crippen LogP contribution in [0.15, 0.2) is 59.8 Å². The number of anilines is 2. The normalized spacial score (nSPS) is 15.4. The molecule has 2 aromatic rings. The standard InChI is InChI=1S/C25H30N4O5S/c1-5-33-20-12-10-19(11-13-20)27-24(31)26-18-8-6-17(7-9-18)22-21(23(30)34-15-14-32-4)16(2)29(3)25(35)28-22/h6-13,22H,5,14-15H2,1-4H3,(H,28,35)(H2,26,27,31)/t22-/m0/s1. The lowest BCUT2D eigenvalue weighted by molar-refractivity contribution is -0.140. The van der Waals surface area contributed by atoms with Gasteiger partial charge >= 0.3 is 12.0 Å². The molecular formula is C25H30N4O5S. The summed E-state index contributed by atoms with van der Waals surface area (Å²) in [6.45, 7) is 4.78. The maximum atomic E-state index is 12.8. The van der Waals surface area contributed by atoms with E-state index in [0.29, 0.717) is 41.0 Å². The Hall–Kier alpha value is -3.63. The van der Waals surface area contributed by atoms with E-state index in [2.05, 4.69) is 16.0 Å². The molecule has 0 radical (unpaired) electrons. The summed E-state index contributed by atoms with van der Waals surface area (Å²) in [5, 5.41) is 9.28. The van der Waals surface area contributed by atoms with Crippen LogP contribution in [0.3, 0.4) is 0 Å². The first-order chi connectivity index (χ1) is 16.8. The smallest absolute Gasteiger partial charge is 0.338 e. The first-order valence-electron chi connectivity index (χ1n) is 11.2. The van der Waals surface area contributed by atoms with Crippen molar-refractivity contribution in [1.29, 1.82) is 0 Å². The van der Waals surface area contributed by atoms with Crippen molar-refractivity contribution in [1.82, 2.24) is 10.2 Å². The topological polar surface area (TPSA) is 101 Å². The Morgan fingerprint density at radius 1 is 1.03 bits per heavy atom.